The Labute approximate surface area is 211 Å². The molecular formula is C27H24N2O6S. The van der Waals surface area contributed by atoms with E-state index in [-0.39, 0.29) is 17.7 Å². The van der Waals surface area contributed by atoms with Crippen LogP contribution in [0.5, 0.6) is 11.5 Å². The van der Waals surface area contributed by atoms with Gasteiger partial charge >= 0.3 is 11.9 Å². The highest BCUT2D eigenvalue weighted by Gasteiger charge is 2.33. The number of allylic oxidation sites excluding steroid dienone is 1. The summed E-state index contributed by atoms with van der Waals surface area (Å²) in [4.78, 5) is 43.0. The average molecular weight is 505 g/mol. The predicted octanol–water partition coefficient (Wildman–Crippen LogP) is 2.90. The summed E-state index contributed by atoms with van der Waals surface area (Å²) in [7, 11) is 1.57. The fourth-order valence-electron chi connectivity index (χ4n) is 3.88. The van der Waals surface area contributed by atoms with E-state index in [9.17, 15) is 14.4 Å². The Hall–Kier alpha value is -4.24. The lowest BCUT2D eigenvalue weighted by Gasteiger charge is -2.24. The number of rotatable bonds is 7. The fourth-order valence-corrected chi connectivity index (χ4v) is 4.93. The molecular weight excluding hydrogens is 480 g/mol. The van der Waals surface area contributed by atoms with Gasteiger partial charge in [0, 0.05) is 6.92 Å². The molecule has 0 fully saturated rings. The van der Waals surface area contributed by atoms with Crippen molar-refractivity contribution in [2.45, 2.75) is 19.9 Å². The zero-order valence-electron chi connectivity index (χ0n) is 20.0. The highest BCUT2D eigenvalue weighted by Crippen LogP contribution is 2.31. The molecule has 184 valence electrons. The molecule has 0 aliphatic carbocycles. The first-order valence-electron chi connectivity index (χ1n) is 11.1. The number of carbonyl (C=O) groups is 2. The van der Waals surface area contributed by atoms with Crippen molar-refractivity contribution in [1.29, 1.82) is 0 Å². The molecule has 4 rings (SSSR count). The fraction of sp³-hybridized carbons (Fsp3) is 0.185. The maximum atomic E-state index is 13.7. The lowest BCUT2D eigenvalue weighted by atomic mass is 9.96. The van der Waals surface area contributed by atoms with Crippen molar-refractivity contribution in [2.75, 3.05) is 13.7 Å². The molecule has 0 amide bonds. The van der Waals surface area contributed by atoms with E-state index >= 15 is 0 Å². The Morgan fingerprint density at radius 1 is 1.17 bits per heavy atom. The maximum absolute atomic E-state index is 13.7. The molecule has 1 aliphatic heterocycles. The highest BCUT2D eigenvalue weighted by molar-refractivity contribution is 7.07. The molecule has 2 aromatic carbocycles. The molecule has 8 nitrogen and oxygen atoms in total. The van der Waals surface area contributed by atoms with Crippen LogP contribution in [0.3, 0.4) is 0 Å². The maximum Gasteiger partial charge on any atom is 0.338 e. The number of ether oxygens (including phenoxy) is 3. The van der Waals surface area contributed by atoms with Crippen molar-refractivity contribution < 1.29 is 23.8 Å². The lowest BCUT2D eigenvalue weighted by Crippen LogP contribution is -2.39. The summed E-state index contributed by atoms with van der Waals surface area (Å²) in [6.45, 7) is 6.67. The number of hydrogen-bond donors (Lipinski definition) is 0. The summed E-state index contributed by atoms with van der Waals surface area (Å²) in [5.74, 6) is 0.0243. The van der Waals surface area contributed by atoms with Crippen LogP contribution in [0.1, 0.15) is 31.0 Å². The number of fused-ring (bicyclic) bond motifs is 1. The minimum Gasteiger partial charge on any atom is -0.497 e. The normalized spacial score (nSPS) is 15.1. The largest absolute Gasteiger partial charge is 0.497 e. The molecule has 0 spiro atoms. The number of aromatic nitrogens is 1. The quantitative estimate of drug-likeness (QED) is 0.279. The van der Waals surface area contributed by atoms with E-state index in [1.54, 1.807) is 56.5 Å². The number of carbonyl (C=O) groups excluding carboxylic acids is 2. The van der Waals surface area contributed by atoms with Crippen LogP contribution in [0.2, 0.25) is 0 Å². The van der Waals surface area contributed by atoms with Crippen molar-refractivity contribution in [1.82, 2.24) is 4.57 Å². The number of methoxy groups -OCH3 is 1. The van der Waals surface area contributed by atoms with Crippen molar-refractivity contribution in [2.24, 2.45) is 4.99 Å². The second-order valence-corrected chi connectivity index (χ2v) is 8.92. The summed E-state index contributed by atoms with van der Waals surface area (Å²) >= 11 is 1.21. The molecule has 0 saturated carbocycles. The minimum atomic E-state index is -0.737. The first-order chi connectivity index (χ1) is 17.3. The summed E-state index contributed by atoms with van der Waals surface area (Å²) in [6.07, 6.45) is 3.19. The Morgan fingerprint density at radius 3 is 2.58 bits per heavy atom. The van der Waals surface area contributed by atoms with Crippen LogP contribution in [0.4, 0.5) is 0 Å². The highest BCUT2D eigenvalue weighted by atomic mass is 32.1. The molecule has 0 radical (unpaired) electrons. The Balaban J connectivity index is 1.88. The van der Waals surface area contributed by atoms with E-state index in [2.05, 4.69) is 11.6 Å². The van der Waals surface area contributed by atoms with Crippen LogP contribution >= 0.6 is 11.3 Å². The van der Waals surface area contributed by atoms with E-state index in [0.29, 0.717) is 37.7 Å². The van der Waals surface area contributed by atoms with E-state index in [1.165, 1.54) is 28.9 Å². The molecule has 1 aromatic heterocycles. The van der Waals surface area contributed by atoms with Gasteiger partial charge in [-0.1, -0.05) is 48.3 Å². The van der Waals surface area contributed by atoms with Crippen LogP contribution in [0.15, 0.2) is 82.2 Å². The van der Waals surface area contributed by atoms with Gasteiger partial charge in [-0.25, -0.2) is 9.79 Å². The van der Waals surface area contributed by atoms with Gasteiger partial charge in [0.1, 0.15) is 18.1 Å². The number of benzene rings is 2. The minimum absolute atomic E-state index is 0.0358. The molecule has 0 saturated heterocycles. The number of nitrogens with zero attached hydrogens (tertiary/aromatic N) is 2. The molecule has 0 bridgehead atoms. The van der Waals surface area contributed by atoms with Crippen LogP contribution in [-0.4, -0.2) is 30.2 Å². The van der Waals surface area contributed by atoms with Gasteiger partial charge in [0.05, 0.1) is 29.0 Å². The molecule has 0 N–H and O–H groups in total. The SMILES string of the molecule is C=CCOC(=O)C1=C(C)N=c2s/c(=C/c3cccc(OC(C)=O)c3)c(=O)n2C1c1ccc(OC)cc1. The van der Waals surface area contributed by atoms with Crippen molar-refractivity contribution in [3.05, 3.63) is 103 Å². The Bertz CT molecular complexity index is 1550. The third-order valence-electron chi connectivity index (χ3n) is 5.42. The van der Waals surface area contributed by atoms with E-state index in [4.69, 9.17) is 14.2 Å². The molecule has 1 aliphatic rings. The van der Waals surface area contributed by atoms with Gasteiger partial charge in [0.25, 0.3) is 5.56 Å². The van der Waals surface area contributed by atoms with Crippen LogP contribution < -0.4 is 24.4 Å². The van der Waals surface area contributed by atoms with Crippen LogP contribution in [-0.2, 0) is 14.3 Å². The van der Waals surface area contributed by atoms with Gasteiger partial charge in [-0.3, -0.25) is 14.2 Å². The molecule has 1 unspecified atom stereocenters. The second kappa shape index (κ2) is 10.6. The molecule has 1 atom stereocenters. The smallest absolute Gasteiger partial charge is 0.338 e. The summed E-state index contributed by atoms with van der Waals surface area (Å²) in [5.41, 5.74) is 1.83. The van der Waals surface area contributed by atoms with Gasteiger partial charge in [-0.05, 0) is 48.4 Å². The Kier molecular flexibility index (Phi) is 7.30. The van der Waals surface area contributed by atoms with E-state index < -0.39 is 18.0 Å². The topological polar surface area (TPSA) is 96.2 Å². The first-order valence-corrected chi connectivity index (χ1v) is 11.9. The Morgan fingerprint density at radius 2 is 1.92 bits per heavy atom. The molecule has 2 heterocycles. The second-order valence-electron chi connectivity index (χ2n) is 7.91. The molecule has 3 aromatic rings. The third kappa shape index (κ3) is 5.06. The van der Waals surface area contributed by atoms with Gasteiger partial charge < -0.3 is 14.2 Å². The van der Waals surface area contributed by atoms with Crippen molar-refractivity contribution in [3.8, 4) is 11.5 Å². The number of hydrogen-bond acceptors (Lipinski definition) is 8. The average Bonchev–Trinajstić information content (AvgIpc) is 3.15. The standard InChI is InChI=1S/C27H24N2O6S/c1-5-13-34-26(32)23-16(2)28-27-29(24(23)19-9-11-20(33-4)12-10-19)25(31)22(36-27)15-18-7-6-8-21(14-18)35-17(3)30/h5-12,14-15,24H,1,13H2,2-4H3/b22-15+. The zero-order chi connectivity index (χ0) is 25.8. The van der Waals surface area contributed by atoms with Gasteiger partial charge in [-0.15, -0.1) is 0 Å². The number of esters is 2. The molecule has 9 heteroatoms. The van der Waals surface area contributed by atoms with Crippen molar-refractivity contribution >= 4 is 29.4 Å². The predicted molar refractivity (Wildman–Crippen MR) is 136 cm³/mol. The third-order valence-corrected chi connectivity index (χ3v) is 6.41. The monoisotopic (exact) mass is 504 g/mol. The summed E-state index contributed by atoms with van der Waals surface area (Å²) < 4.78 is 17.7. The van der Waals surface area contributed by atoms with Gasteiger partial charge in [0.2, 0.25) is 0 Å². The van der Waals surface area contributed by atoms with E-state index in [1.807, 2.05) is 12.1 Å². The van der Waals surface area contributed by atoms with Gasteiger partial charge in [0.15, 0.2) is 4.80 Å². The number of thiazole rings is 1. The van der Waals surface area contributed by atoms with Crippen LogP contribution in [0, 0.1) is 0 Å². The molecule has 36 heavy (non-hydrogen) atoms. The van der Waals surface area contributed by atoms with Crippen LogP contribution in [0.25, 0.3) is 6.08 Å². The van der Waals surface area contributed by atoms with Gasteiger partial charge in [-0.2, -0.15) is 0 Å². The first kappa shape index (κ1) is 24.9. The van der Waals surface area contributed by atoms with E-state index in [0.717, 1.165) is 0 Å². The summed E-state index contributed by atoms with van der Waals surface area (Å²) in [6, 6.07) is 13.3. The lowest BCUT2D eigenvalue weighted by molar-refractivity contribution is -0.138. The van der Waals surface area contributed by atoms with Crippen molar-refractivity contribution in [3.63, 3.8) is 0 Å². The summed E-state index contributed by atoms with van der Waals surface area (Å²) in [5, 5.41) is 0. The zero-order valence-corrected chi connectivity index (χ0v) is 20.8.